The molecule has 0 amide bonds. The van der Waals surface area contributed by atoms with Crippen LogP contribution < -0.4 is 5.32 Å². The van der Waals surface area contributed by atoms with Gasteiger partial charge in [-0.05, 0) is 5.56 Å². The maximum Gasteiger partial charge on any atom is 0.182 e. The lowest BCUT2D eigenvalue weighted by molar-refractivity contribution is 1.10. The van der Waals surface area contributed by atoms with Gasteiger partial charge in [0.15, 0.2) is 11.5 Å². The van der Waals surface area contributed by atoms with Crippen LogP contribution in [0.2, 0.25) is 0 Å². The van der Waals surface area contributed by atoms with Crippen molar-refractivity contribution in [3.05, 3.63) is 48.5 Å². The van der Waals surface area contributed by atoms with Crippen molar-refractivity contribution < 1.29 is 0 Å². The zero-order valence-corrected chi connectivity index (χ0v) is 9.09. The average Bonchev–Trinajstić information content (AvgIpc) is 2.86. The van der Waals surface area contributed by atoms with E-state index in [4.69, 9.17) is 0 Å². The van der Waals surface area contributed by atoms with Crippen LogP contribution in [0.15, 0.2) is 43.0 Å². The Morgan fingerprint density at radius 2 is 2.06 bits per heavy atom. The molecule has 3 rings (SSSR count). The third-order valence-corrected chi connectivity index (χ3v) is 2.53. The lowest BCUT2D eigenvalue weighted by Crippen LogP contribution is -2.02. The molecular formula is C12H11N5. The average molecular weight is 227 g/mol. The summed E-state index contributed by atoms with van der Waals surface area (Å²) in [4.78, 5) is 15.4. The normalized spacial score (nSPS) is 10.6. The highest BCUT2D eigenvalue weighted by Gasteiger charge is 2.04. The molecule has 0 unspecified atom stereocenters. The van der Waals surface area contributed by atoms with Crippen LogP contribution in [0.25, 0.3) is 11.2 Å². The zero-order valence-electron chi connectivity index (χ0n) is 9.09. The van der Waals surface area contributed by atoms with Gasteiger partial charge in [-0.2, -0.15) is 0 Å². The fourth-order valence-corrected chi connectivity index (χ4v) is 1.68. The minimum atomic E-state index is 0.676. The van der Waals surface area contributed by atoms with E-state index in [1.807, 2.05) is 18.2 Å². The van der Waals surface area contributed by atoms with Crippen molar-refractivity contribution in [3.8, 4) is 0 Å². The van der Waals surface area contributed by atoms with Crippen molar-refractivity contribution >= 4 is 17.0 Å². The van der Waals surface area contributed by atoms with Crippen LogP contribution in [0.5, 0.6) is 0 Å². The molecule has 2 heterocycles. The molecule has 5 nitrogen and oxygen atoms in total. The molecule has 3 aromatic rings. The predicted octanol–water partition coefficient (Wildman–Crippen LogP) is 1.96. The smallest absolute Gasteiger partial charge is 0.182 e. The predicted molar refractivity (Wildman–Crippen MR) is 65.5 cm³/mol. The molecule has 5 heteroatoms. The molecule has 1 aromatic carbocycles. The van der Waals surface area contributed by atoms with Gasteiger partial charge in [0, 0.05) is 6.54 Å². The van der Waals surface area contributed by atoms with Crippen LogP contribution in [-0.2, 0) is 6.54 Å². The van der Waals surface area contributed by atoms with Crippen molar-refractivity contribution in [2.24, 2.45) is 0 Å². The summed E-state index contributed by atoms with van der Waals surface area (Å²) in [5.74, 6) is 0.774. The van der Waals surface area contributed by atoms with E-state index >= 15 is 0 Å². The van der Waals surface area contributed by atoms with Gasteiger partial charge < -0.3 is 10.3 Å². The van der Waals surface area contributed by atoms with Crippen LogP contribution in [0, 0.1) is 0 Å². The zero-order chi connectivity index (χ0) is 11.5. The molecule has 0 fully saturated rings. The van der Waals surface area contributed by atoms with E-state index in [9.17, 15) is 0 Å². The van der Waals surface area contributed by atoms with Gasteiger partial charge in [-0.3, -0.25) is 0 Å². The van der Waals surface area contributed by atoms with E-state index in [-0.39, 0.29) is 0 Å². The first kappa shape index (κ1) is 9.77. The number of imidazole rings is 1. The highest BCUT2D eigenvalue weighted by Crippen LogP contribution is 2.15. The van der Waals surface area contributed by atoms with Crippen LogP contribution in [0.4, 0.5) is 5.82 Å². The summed E-state index contributed by atoms with van der Waals surface area (Å²) in [6.07, 6.45) is 3.13. The summed E-state index contributed by atoms with van der Waals surface area (Å²) in [7, 11) is 0. The number of rotatable bonds is 3. The number of aromatic amines is 1. The van der Waals surface area contributed by atoms with Gasteiger partial charge >= 0.3 is 0 Å². The molecule has 0 aliphatic heterocycles. The van der Waals surface area contributed by atoms with Crippen molar-refractivity contribution in [1.29, 1.82) is 0 Å². The molecule has 0 saturated heterocycles. The number of H-pyrrole nitrogens is 1. The van der Waals surface area contributed by atoms with Gasteiger partial charge in [0.2, 0.25) is 0 Å². The molecule has 0 spiro atoms. The summed E-state index contributed by atoms with van der Waals surface area (Å²) in [5.41, 5.74) is 2.72. The van der Waals surface area contributed by atoms with Gasteiger partial charge in [-0.1, -0.05) is 30.3 Å². The molecule has 84 valence electrons. The minimum absolute atomic E-state index is 0.676. The number of benzene rings is 1. The highest BCUT2D eigenvalue weighted by atomic mass is 15.3. The quantitative estimate of drug-likeness (QED) is 0.717. The number of nitrogens with zero attached hydrogens (tertiary/aromatic N) is 3. The topological polar surface area (TPSA) is 66.5 Å². The summed E-state index contributed by atoms with van der Waals surface area (Å²) < 4.78 is 0. The van der Waals surface area contributed by atoms with Crippen LogP contribution in [0.3, 0.4) is 0 Å². The van der Waals surface area contributed by atoms with Gasteiger partial charge in [-0.15, -0.1) is 0 Å². The van der Waals surface area contributed by atoms with Gasteiger partial charge in [0.25, 0.3) is 0 Å². The Kier molecular flexibility index (Phi) is 2.42. The maximum atomic E-state index is 4.20. The number of fused-ring (bicyclic) bond motifs is 1. The van der Waals surface area contributed by atoms with E-state index < -0.39 is 0 Å². The Morgan fingerprint density at radius 3 is 2.94 bits per heavy atom. The molecule has 0 aliphatic carbocycles. The maximum absolute atomic E-state index is 4.20. The second kappa shape index (κ2) is 4.21. The highest BCUT2D eigenvalue weighted by molar-refractivity contribution is 5.81. The largest absolute Gasteiger partial charge is 0.364 e. The SMILES string of the molecule is c1ccc(CNc2ncnc3n[14cH][nH]c23)cc1. The molecule has 2 aromatic heterocycles. The van der Waals surface area contributed by atoms with Crippen LogP contribution >= 0.6 is 0 Å². The van der Waals surface area contributed by atoms with Crippen LogP contribution in [-0.4, -0.2) is 19.9 Å². The molecule has 17 heavy (non-hydrogen) atoms. The molecule has 0 saturated carbocycles. The van der Waals surface area contributed by atoms with Crippen molar-refractivity contribution in [2.45, 2.75) is 6.54 Å². The summed E-state index contributed by atoms with van der Waals surface area (Å²) >= 11 is 0. The Labute approximate surface area is 98.0 Å². The van der Waals surface area contributed by atoms with E-state index in [1.165, 1.54) is 11.9 Å². The molecule has 0 aliphatic rings. The van der Waals surface area contributed by atoms with Gasteiger partial charge in [0.05, 0.1) is 6.33 Å². The third kappa shape index (κ3) is 1.94. The Hall–Kier alpha value is -2.43. The second-order valence-corrected chi connectivity index (χ2v) is 3.66. The molecule has 0 radical (unpaired) electrons. The van der Waals surface area contributed by atoms with Crippen LogP contribution in [0.1, 0.15) is 5.56 Å². The first-order valence-corrected chi connectivity index (χ1v) is 5.35. The monoisotopic (exact) mass is 227 g/mol. The molecule has 0 bridgehead atoms. The molecule has 0 atom stereocenters. The Bertz CT molecular complexity index is 617. The minimum Gasteiger partial charge on any atom is -0.364 e. The van der Waals surface area contributed by atoms with E-state index in [0.717, 1.165) is 17.9 Å². The van der Waals surface area contributed by atoms with Crippen molar-refractivity contribution in [3.63, 3.8) is 0 Å². The number of aromatic nitrogens is 4. The first-order valence-electron chi connectivity index (χ1n) is 5.35. The van der Waals surface area contributed by atoms with Crippen molar-refractivity contribution in [1.82, 2.24) is 19.9 Å². The van der Waals surface area contributed by atoms with E-state index in [0.29, 0.717) is 5.65 Å². The third-order valence-electron chi connectivity index (χ3n) is 2.53. The fraction of sp³-hybridized carbons (Fsp3) is 0.0833. The second-order valence-electron chi connectivity index (χ2n) is 3.66. The first-order chi connectivity index (χ1) is 8.43. The van der Waals surface area contributed by atoms with E-state index in [2.05, 4.69) is 37.4 Å². The number of nitrogens with one attached hydrogen (secondary N) is 2. The Balaban J connectivity index is 1.84. The van der Waals surface area contributed by atoms with E-state index in [1.54, 1.807) is 6.33 Å². The lowest BCUT2D eigenvalue weighted by Gasteiger charge is -2.05. The standard InChI is InChI=1S/C12H11N5/c1-2-4-9(5-3-1)6-13-11-10-12(15-7-14-10)17-8-16-11/h1-5,7-8H,6H2,(H2,13,14,15,16,17)/i7+2. The summed E-state index contributed by atoms with van der Waals surface area (Å²) in [6.45, 7) is 0.728. The fourth-order valence-electron chi connectivity index (χ4n) is 1.68. The molecular weight excluding hydrogens is 216 g/mol. The summed E-state index contributed by atoms with van der Waals surface area (Å²) in [5, 5.41) is 3.27. The lowest BCUT2D eigenvalue weighted by atomic mass is 10.2. The molecule has 2 N–H and O–H groups in total. The number of hydrogen-bond donors (Lipinski definition) is 2. The van der Waals surface area contributed by atoms with Gasteiger partial charge in [-0.25, -0.2) is 15.0 Å². The Morgan fingerprint density at radius 1 is 1.18 bits per heavy atom. The van der Waals surface area contributed by atoms with Gasteiger partial charge in [0.1, 0.15) is 11.8 Å². The summed E-state index contributed by atoms with van der Waals surface area (Å²) in [6, 6.07) is 10.2. The number of anilines is 1. The number of hydrogen-bond acceptors (Lipinski definition) is 4. The van der Waals surface area contributed by atoms with Crippen molar-refractivity contribution in [2.75, 3.05) is 5.32 Å².